The van der Waals surface area contributed by atoms with Gasteiger partial charge < -0.3 is 15.3 Å². The predicted molar refractivity (Wildman–Crippen MR) is 43.2 cm³/mol. The van der Waals surface area contributed by atoms with Crippen LogP contribution in [0.1, 0.15) is 17.4 Å². The molecule has 0 saturated heterocycles. The van der Waals surface area contributed by atoms with E-state index >= 15 is 0 Å². The van der Waals surface area contributed by atoms with Gasteiger partial charge in [-0.15, -0.1) is 0 Å². The Kier molecular flexibility index (Phi) is 3.22. The summed E-state index contributed by atoms with van der Waals surface area (Å²) in [6.07, 6.45) is -0.961. The molecule has 1 aromatic rings. The lowest BCUT2D eigenvalue weighted by Gasteiger charge is -2.04. The minimum absolute atomic E-state index is 0.0431. The van der Waals surface area contributed by atoms with Gasteiger partial charge in [0, 0.05) is 12.2 Å². The number of aliphatic hydroxyl groups excluding tert-OH is 2. The molecular weight excluding hydrogens is 156 g/mol. The smallest absolute Gasteiger partial charge is 0.178 e. The molecule has 1 aromatic carbocycles. The number of aliphatic hydroxyl groups is 3. The summed E-state index contributed by atoms with van der Waals surface area (Å²) >= 11 is 0. The standard InChI is InChI=1S/C9H11O3/c10-5-4-7-2-1-3-8(6-7)9(11)12/h1,3,6,9-12H,4-5H2. The van der Waals surface area contributed by atoms with Gasteiger partial charge in [-0.1, -0.05) is 18.2 Å². The summed E-state index contributed by atoms with van der Waals surface area (Å²) in [4.78, 5) is 0. The van der Waals surface area contributed by atoms with Crippen LogP contribution in [0.3, 0.4) is 0 Å². The van der Waals surface area contributed by atoms with Crippen molar-refractivity contribution < 1.29 is 15.3 Å². The quantitative estimate of drug-likeness (QED) is 0.555. The third-order valence-corrected chi connectivity index (χ3v) is 1.56. The van der Waals surface area contributed by atoms with Crippen LogP contribution in [-0.2, 0) is 6.42 Å². The second kappa shape index (κ2) is 4.21. The fourth-order valence-corrected chi connectivity index (χ4v) is 0.961. The molecule has 0 fully saturated rings. The van der Waals surface area contributed by atoms with E-state index < -0.39 is 6.29 Å². The highest BCUT2D eigenvalue weighted by Gasteiger charge is 2.02. The molecule has 3 heteroatoms. The summed E-state index contributed by atoms with van der Waals surface area (Å²) in [5.74, 6) is 0. The van der Waals surface area contributed by atoms with E-state index in [2.05, 4.69) is 6.07 Å². The van der Waals surface area contributed by atoms with E-state index in [1.807, 2.05) is 0 Å². The van der Waals surface area contributed by atoms with Crippen LogP contribution >= 0.6 is 0 Å². The molecule has 3 nitrogen and oxygen atoms in total. The van der Waals surface area contributed by atoms with Crippen LogP contribution in [0.15, 0.2) is 18.2 Å². The second-order valence-corrected chi connectivity index (χ2v) is 2.49. The van der Waals surface area contributed by atoms with Crippen molar-refractivity contribution in [1.29, 1.82) is 0 Å². The molecule has 0 amide bonds. The predicted octanol–water partition coefficient (Wildman–Crippen LogP) is 0.00479. The van der Waals surface area contributed by atoms with Gasteiger partial charge >= 0.3 is 0 Å². The molecule has 0 unspecified atom stereocenters. The number of rotatable bonds is 3. The van der Waals surface area contributed by atoms with Crippen molar-refractivity contribution in [3.8, 4) is 0 Å². The second-order valence-electron chi connectivity index (χ2n) is 2.49. The van der Waals surface area contributed by atoms with Gasteiger partial charge in [0.2, 0.25) is 0 Å². The van der Waals surface area contributed by atoms with Crippen LogP contribution in [0.5, 0.6) is 0 Å². The fourth-order valence-electron chi connectivity index (χ4n) is 0.961. The molecule has 3 N–H and O–H groups in total. The average Bonchev–Trinajstić information content (AvgIpc) is 2.05. The monoisotopic (exact) mass is 167 g/mol. The van der Waals surface area contributed by atoms with Gasteiger partial charge in [-0.25, -0.2) is 0 Å². The molecule has 0 heterocycles. The van der Waals surface area contributed by atoms with Crippen LogP contribution in [0.25, 0.3) is 0 Å². The maximum atomic E-state index is 8.80. The topological polar surface area (TPSA) is 60.7 Å². The Hall–Kier alpha value is -0.900. The molecule has 1 rings (SSSR count). The van der Waals surface area contributed by atoms with Crippen LogP contribution in [-0.4, -0.2) is 21.9 Å². The Morgan fingerprint density at radius 2 is 2.17 bits per heavy atom. The molecule has 65 valence electrons. The highest BCUT2D eigenvalue weighted by Crippen LogP contribution is 2.11. The van der Waals surface area contributed by atoms with Gasteiger partial charge in [-0.2, -0.15) is 0 Å². The van der Waals surface area contributed by atoms with Crippen molar-refractivity contribution in [2.24, 2.45) is 0 Å². The molecule has 0 aromatic heterocycles. The van der Waals surface area contributed by atoms with Crippen molar-refractivity contribution >= 4 is 0 Å². The van der Waals surface area contributed by atoms with Gasteiger partial charge in [0.25, 0.3) is 0 Å². The van der Waals surface area contributed by atoms with E-state index in [4.69, 9.17) is 15.3 Å². The molecule has 0 aliphatic carbocycles. The zero-order valence-corrected chi connectivity index (χ0v) is 6.57. The van der Waals surface area contributed by atoms with E-state index in [9.17, 15) is 0 Å². The maximum Gasteiger partial charge on any atom is 0.178 e. The Balaban J connectivity index is 2.81. The Labute approximate surface area is 70.9 Å². The Bertz CT molecular complexity index is 245. The first-order chi connectivity index (χ1) is 5.74. The Morgan fingerprint density at radius 3 is 2.75 bits per heavy atom. The number of hydrogen-bond acceptors (Lipinski definition) is 3. The van der Waals surface area contributed by atoms with Crippen molar-refractivity contribution in [2.45, 2.75) is 12.7 Å². The lowest BCUT2D eigenvalue weighted by Crippen LogP contribution is -1.97. The van der Waals surface area contributed by atoms with E-state index in [-0.39, 0.29) is 6.61 Å². The number of hydrogen-bond donors (Lipinski definition) is 3. The number of benzene rings is 1. The molecule has 0 aliphatic rings. The zero-order chi connectivity index (χ0) is 8.97. The summed E-state index contributed by atoms with van der Waals surface area (Å²) in [7, 11) is 0. The van der Waals surface area contributed by atoms with Crippen molar-refractivity contribution in [3.63, 3.8) is 0 Å². The van der Waals surface area contributed by atoms with Crippen molar-refractivity contribution in [2.75, 3.05) is 6.61 Å². The van der Waals surface area contributed by atoms with Crippen LogP contribution < -0.4 is 0 Å². The molecule has 0 atom stereocenters. The van der Waals surface area contributed by atoms with Gasteiger partial charge in [0.1, 0.15) is 0 Å². The summed E-state index contributed by atoms with van der Waals surface area (Å²) in [6, 6.07) is 7.68. The van der Waals surface area contributed by atoms with E-state index in [1.54, 1.807) is 18.2 Å². The average molecular weight is 167 g/mol. The van der Waals surface area contributed by atoms with Crippen molar-refractivity contribution in [3.05, 3.63) is 35.4 Å². The van der Waals surface area contributed by atoms with E-state index in [0.29, 0.717) is 12.0 Å². The lowest BCUT2D eigenvalue weighted by molar-refractivity contribution is -0.0425. The fraction of sp³-hybridized carbons (Fsp3) is 0.333. The summed E-state index contributed by atoms with van der Waals surface area (Å²) in [5, 5.41) is 26.2. The third kappa shape index (κ3) is 2.30. The minimum Gasteiger partial charge on any atom is -0.396 e. The first kappa shape index (κ1) is 9.19. The summed E-state index contributed by atoms with van der Waals surface area (Å²) < 4.78 is 0. The molecule has 0 saturated carbocycles. The van der Waals surface area contributed by atoms with Gasteiger partial charge in [-0.05, 0) is 18.1 Å². The highest BCUT2D eigenvalue weighted by atomic mass is 16.5. The van der Waals surface area contributed by atoms with Gasteiger partial charge in [0.05, 0.1) is 0 Å². The molecular formula is C9H11O3. The molecule has 12 heavy (non-hydrogen) atoms. The van der Waals surface area contributed by atoms with Crippen LogP contribution in [0.4, 0.5) is 0 Å². The minimum atomic E-state index is -1.45. The molecule has 0 aliphatic heterocycles. The molecule has 1 radical (unpaired) electrons. The molecule has 0 spiro atoms. The summed E-state index contributed by atoms with van der Waals surface area (Å²) in [5.41, 5.74) is 1.21. The van der Waals surface area contributed by atoms with E-state index in [0.717, 1.165) is 5.56 Å². The zero-order valence-electron chi connectivity index (χ0n) is 6.57. The largest absolute Gasteiger partial charge is 0.396 e. The lowest BCUT2D eigenvalue weighted by atomic mass is 10.1. The van der Waals surface area contributed by atoms with Crippen molar-refractivity contribution in [1.82, 2.24) is 0 Å². The molecule has 0 bridgehead atoms. The highest BCUT2D eigenvalue weighted by molar-refractivity contribution is 5.23. The summed E-state index contributed by atoms with van der Waals surface area (Å²) in [6.45, 7) is 0.0431. The SMILES string of the molecule is OCCc1[c]ccc(C(O)O)c1. The Morgan fingerprint density at radius 1 is 1.42 bits per heavy atom. The van der Waals surface area contributed by atoms with Gasteiger partial charge in [-0.3, -0.25) is 0 Å². The van der Waals surface area contributed by atoms with Crippen LogP contribution in [0, 0.1) is 6.07 Å². The first-order valence-corrected chi connectivity index (χ1v) is 3.71. The first-order valence-electron chi connectivity index (χ1n) is 3.71. The maximum absolute atomic E-state index is 8.80. The third-order valence-electron chi connectivity index (χ3n) is 1.56. The van der Waals surface area contributed by atoms with Gasteiger partial charge in [0.15, 0.2) is 6.29 Å². The normalized spacial score (nSPS) is 10.7. The van der Waals surface area contributed by atoms with Crippen LogP contribution in [0.2, 0.25) is 0 Å². The van der Waals surface area contributed by atoms with E-state index in [1.165, 1.54) is 0 Å².